The number of hydrogen-bond donors (Lipinski definition) is 1. The van der Waals surface area contributed by atoms with Gasteiger partial charge in [0.05, 0.1) is 36.5 Å². The Balaban J connectivity index is 2.05. The first-order valence-electron chi connectivity index (χ1n) is 8.20. The first-order valence-corrected chi connectivity index (χ1v) is 8.20. The maximum absolute atomic E-state index is 12.7. The van der Waals surface area contributed by atoms with Gasteiger partial charge in [-0.3, -0.25) is 25.1 Å². The van der Waals surface area contributed by atoms with Crippen molar-refractivity contribution in [2.24, 2.45) is 0 Å². The normalized spacial score (nSPS) is 15.0. The Kier molecular flexibility index (Phi) is 4.99. The predicted molar refractivity (Wildman–Crippen MR) is 101 cm³/mol. The van der Waals surface area contributed by atoms with Crippen molar-refractivity contribution in [3.05, 3.63) is 63.2 Å². The zero-order valence-corrected chi connectivity index (χ0v) is 15.4. The highest BCUT2D eigenvalue weighted by Crippen LogP contribution is 2.36. The summed E-state index contributed by atoms with van der Waals surface area (Å²) in [7, 11) is 2.74. The number of nitrogens with zero attached hydrogens (tertiary/aromatic N) is 2. The van der Waals surface area contributed by atoms with Crippen LogP contribution in [0.4, 0.5) is 11.4 Å². The fraction of sp³-hybridized carbons (Fsp3) is 0.158. The molecule has 1 fully saturated rings. The van der Waals surface area contributed by atoms with Crippen molar-refractivity contribution in [1.29, 1.82) is 0 Å². The molecule has 0 saturated carbocycles. The monoisotopic (exact) mass is 383 g/mol. The van der Waals surface area contributed by atoms with Crippen LogP contribution in [0, 0.1) is 17.0 Å². The third kappa shape index (κ3) is 3.37. The standard InChI is InChI=1S/C19H17N3O6/c1-11-4-6-13(7-5-11)21-19(24)14(18(23)20-21)8-12-9-16(27-2)17(28-3)10-15(12)22(25)26/h4-10H,1-3H3,(H,20,23)/b14-8-. The van der Waals surface area contributed by atoms with Gasteiger partial charge in [0.25, 0.3) is 17.5 Å². The smallest absolute Gasteiger partial charge is 0.282 e. The van der Waals surface area contributed by atoms with Gasteiger partial charge in [-0.2, -0.15) is 0 Å². The van der Waals surface area contributed by atoms with E-state index >= 15 is 0 Å². The van der Waals surface area contributed by atoms with Gasteiger partial charge >= 0.3 is 0 Å². The Morgan fingerprint density at radius 3 is 2.25 bits per heavy atom. The van der Waals surface area contributed by atoms with Crippen molar-refractivity contribution in [1.82, 2.24) is 5.43 Å². The molecule has 28 heavy (non-hydrogen) atoms. The molecule has 0 radical (unpaired) electrons. The second-order valence-corrected chi connectivity index (χ2v) is 6.00. The summed E-state index contributed by atoms with van der Waals surface area (Å²) in [6.45, 7) is 1.90. The average molecular weight is 383 g/mol. The van der Waals surface area contributed by atoms with E-state index in [1.807, 2.05) is 6.92 Å². The molecule has 1 aliphatic rings. The van der Waals surface area contributed by atoms with Crippen LogP contribution in [-0.2, 0) is 9.59 Å². The second kappa shape index (κ2) is 7.39. The molecule has 0 spiro atoms. The second-order valence-electron chi connectivity index (χ2n) is 6.00. The largest absolute Gasteiger partial charge is 0.493 e. The molecule has 0 bridgehead atoms. The minimum absolute atomic E-state index is 0.0481. The molecule has 144 valence electrons. The number of nitrogens with one attached hydrogen (secondary N) is 1. The van der Waals surface area contributed by atoms with Crippen LogP contribution < -0.4 is 19.9 Å². The van der Waals surface area contributed by atoms with Crippen LogP contribution in [0.1, 0.15) is 11.1 Å². The summed E-state index contributed by atoms with van der Waals surface area (Å²) in [5, 5.41) is 12.5. The van der Waals surface area contributed by atoms with E-state index in [1.54, 1.807) is 24.3 Å². The molecule has 9 nitrogen and oxygen atoms in total. The highest BCUT2D eigenvalue weighted by Gasteiger charge is 2.35. The number of benzene rings is 2. The third-order valence-corrected chi connectivity index (χ3v) is 4.21. The van der Waals surface area contributed by atoms with Crippen LogP contribution in [0.5, 0.6) is 11.5 Å². The van der Waals surface area contributed by atoms with Gasteiger partial charge in [0, 0.05) is 0 Å². The maximum Gasteiger partial charge on any atom is 0.282 e. The molecule has 1 saturated heterocycles. The van der Waals surface area contributed by atoms with Gasteiger partial charge in [-0.25, -0.2) is 5.01 Å². The molecule has 0 aliphatic carbocycles. The lowest BCUT2D eigenvalue weighted by atomic mass is 10.1. The molecule has 0 atom stereocenters. The average Bonchev–Trinajstić information content (AvgIpc) is 2.96. The lowest BCUT2D eigenvalue weighted by Crippen LogP contribution is -2.35. The lowest BCUT2D eigenvalue weighted by molar-refractivity contribution is -0.385. The molecular weight excluding hydrogens is 366 g/mol. The van der Waals surface area contributed by atoms with Crippen molar-refractivity contribution < 1.29 is 24.0 Å². The van der Waals surface area contributed by atoms with E-state index in [2.05, 4.69) is 5.43 Å². The van der Waals surface area contributed by atoms with Gasteiger partial charge in [0.1, 0.15) is 5.57 Å². The molecule has 2 aromatic rings. The Morgan fingerprint density at radius 1 is 1.07 bits per heavy atom. The number of aryl methyl sites for hydroxylation is 1. The molecule has 2 aromatic carbocycles. The summed E-state index contributed by atoms with van der Waals surface area (Å²) in [6, 6.07) is 9.51. The van der Waals surface area contributed by atoms with Gasteiger partial charge < -0.3 is 9.47 Å². The van der Waals surface area contributed by atoms with Crippen molar-refractivity contribution in [3.63, 3.8) is 0 Å². The van der Waals surface area contributed by atoms with Gasteiger partial charge in [0.15, 0.2) is 11.5 Å². The topological polar surface area (TPSA) is 111 Å². The molecule has 1 N–H and O–H groups in total. The maximum atomic E-state index is 12.7. The summed E-state index contributed by atoms with van der Waals surface area (Å²) >= 11 is 0. The first kappa shape index (κ1) is 18.9. The number of anilines is 1. The van der Waals surface area contributed by atoms with Crippen LogP contribution in [0.25, 0.3) is 6.08 Å². The number of methoxy groups -OCH3 is 2. The molecule has 3 rings (SSSR count). The van der Waals surface area contributed by atoms with E-state index in [1.165, 1.54) is 32.4 Å². The molecular formula is C19H17N3O6. The Morgan fingerprint density at radius 2 is 1.68 bits per heavy atom. The minimum Gasteiger partial charge on any atom is -0.493 e. The quantitative estimate of drug-likeness (QED) is 0.367. The molecule has 1 heterocycles. The van der Waals surface area contributed by atoms with E-state index in [9.17, 15) is 19.7 Å². The zero-order valence-electron chi connectivity index (χ0n) is 15.4. The number of carbonyl (C=O) groups excluding carboxylic acids is 2. The molecule has 0 aromatic heterocycles. The van der Waals surface area contributed by atoms with Crippen molar-refractivity contribution >= 4 is 29.3 Å². The van der Waals surface area contributed by atoms with E-state index in [0.29, 0.717) is 5.69 Å². The van der Waals surface area contributed by atoms with Gasteiger partial charge in [-0.05, 0) is 31.2 Å². The number of hydrogen-bond acceptors (Lipinski definition) is 6. The molecule has 9 heteroatoms. The fourth-order valence-corrected chi connectivity index (χ4v) is 2.75. The van der Waals surface area contributed by atoms with Crippen LogP contribution in [-0.4, -0.2) is 31.0 Å². The number of rotatable bonds is 5. The highest BCUT2D eigenvalue weighted by atomic mass is 16.6. The van der Waals surface area contributed by atoms with E-state index in [-0.39, 0.29) is 28.3 Å². The first-order chi connectivity index (χ1) is 13.3. The van der Waals surface area contributed by atoms with Gasteiger partial charge in [0.2, 0.25) is 0 Å². The summed E-state index contributed by atoms with van der Waals surface area (Å²) in [5.41, 5.74) is 3.44. The fourth-order valence-electron chi connectivity index (χ4n) is 2.75. The molecule has 1 aliphatic heterocycles. The minimum atomic E-state index is -0.658. The zero-order chi connectivity index (χ0) is 20.4. The van der Waals surface area contributed by atoms with Crippen molar-refractivity contribution in [3.8, 4) is 11.5 Å². The number of carbonyl (C=O) groups is 2. The summed E-state index contributed by atoms with van der Waals surface area (Å²) in [5.74, 6) is -0.867. The molecule has 0 unspecified atom stereocenters. The lowest BCUT2D eigenvalue weighted by Gasteiger charge is -2.14. The predicted octanol–water partition coefficient (Wildman–Crippen LogP) is 2.38. The van der Waals surface area contributed by atoms with Crippen LogP contribution in [0.15, 0.2) is 42.0 Å². The van der Waals surface area contributed by atoms with Gasteiger partial charge in [-0.15, -0.1) is 0 Å². The summed E-state index contributed by atoms with van der Waals surface area (Å²) in [4.78, 5) is 35.9. The van der Waals surface area contributed by atoms with Crippen LogP contribution >= 0.6 is 0 Å². The number of nitro benzene ring substituents is 1. The number of nitro groups is 1. The van der Waals surface area contributed by atoms with Crippen molar-refractivity contribution in [2.45, 2.75) is 6.92 Å². The van der Waals surface area contributed by atoms with Crippen LogP contribution in [0.3, 0.4) is 0 Å². The molecule has 2 amide bonds. The van der Waals surface area contributed by atoms with Crippen molar-refractivity contribution in [2.75, 3.05) is 19.2 Å². The number of hydrazine groups is 1. The number of ether oxygens (including phenoxy) is 2. The van der Waals surface area contributed by atoms with E-state index < -0.39 is 16.7 Å². The Labute approximate surface area is 160 Å². The van der Waals surface area contributed by atoms with Crippen LogP contribution in [0.2, 0.25) is 0 Å². The Bertz CT molecular complexity index is 997. The number of amides is 2. The Hall–Kier alpha value is -3.88. The van der Waals surface area contributed by atoms with E-state index in [4.69, 9.17) is 9.47 Å². The summed E-state index contributed by atoms with van der Waals surface area (Å²) < 4.78 is 10.2. The SMILES string of the molecule is COc1cc(/C=C2/C(=O)NN(c3ccc(C)cc3)C2=O)c([N+](=O)[O-])cc1OC. The summed E-state index contributed by atoms with van der Waals surface area (Å²) in [6.07, 6.45) is 1.17. The van der Waals surface area contributed by atoms with E-state index in [0.717, 1.165) is 10.6 Å². The van der Waals surface area contributed by atoms with Gasteiger partial charge in [-0.1, -0.05) is 17.7 Å². The third-order valence-electron chi connectivity index (χ3n) is 4.21. The highest BCUT2D eigenvalue weighted by molar-refractivity contribution is 6.31.